The van der Waals surface area contributed by atoms with E-state index in [9.17, 15) is 14.7 Å². The first-order valence-corrected chi connectivity index (χ1v) is 9.45. The maximum absolute atomic E-state index is 12.4. The number of nitrogens with two attached hydrogens (primary N) is 1. The largest absolute Gasteiger partial charge is 0.394 e. The van der Waals surface area contributed by atoms with Crippen molar-refractivity contribution < 1.29 is 14.7 Å². The summed E-state index contributed by atoms with van der Waals surface area (Å²) < 4.78 is 0. The number of aromatic nitrogens is 1. The number of carbonyl (C=O) groups is 2. The molecule has 6 N–H and O–H groups in total. The molecular formula is C17H24N4O3S. The van der Waals surface area contributed by atoms with E-state index < -0.39 is 18.1 Å². The standard InChI is InChI=1S/C17H24N4O3S/c1-25-7-6-15(21-17(18)24)16(23)20-12(10-22)8-11-9-19-14-5-3-2-4-13(11)14/h2-5,9,12,15,19,22H,6-8,10H2,1H3,(H,20,23)(H3,18,21,24). The monoisotopic (exact) mass is 364 g/mol. The third-order valence-electron chi connectivity index (χ3n) is 3.95. The highest BCUT2D eigenvalue weighted by Crippen LogP contribution is 2.19. The molecule has 3 amide bonds. The van der Waals surface area contributed by atoms with Crippen molar-refractivity contribution in [2.24, 2.45) is 5.73 Å². The van der Waals surface area contributed by atoms with Crippen molar-refractivity contribution in [3.63, 3.8) is 0 Å². The number of H-pyrrole nitrogens is 1. The van der Waals surface area contributed by atoms with Gasteiger partial charge in [-0.1, -0.05) is 18.2 Å². The third kappa shape index (κ3) is 5.40. The lowest BCUT2D eigenvalue weighted by molar-refractivity contribution is -0.124. The average Bonchev–Trinajstić information content (AvgIpc) is 3.00. The first-order valence-electron chi connectivity index (χ1n) is 8.06. The number of hydrogen-bond donors (Lipinski definition) is 5. The normalized spacial score (nSPS) is 13.4. The van der Waals surface area contributed by atoms with E-state index in [2.05, 4.69) is 15.6 Å². The number of aromatic amines is 1. The maximum atomic E-state index is 12.4. The Balaban J connectivity index is 2.04. The van der Waals surface area contributed by atoms with Crippen LogP contribution in [0.15, 0.2) is 30.5 Å². The van der Waals surface area contributed by atoms with E-state index >= 15 is 0 Å². The van der Waals surface area contributed by atoms with Gasteiger partial charge < -0.3 is 26.5 Å². The molecule has 0 radical (unpaired) electrons. The second-order valence-corrected chi connectivity index (χ2v) is 6.78. The molecule has 25 heavy (non-hydrogen) atoms. The summed E-state index contributed by atoms with van der Waals surface area (Å²) in [5.74, 6) is 0.372. The summed E-state index contributed by atoms with van der Waals surface area (Å²) in [5, 5.41) is 16.0. The van der Waals surface area contributed by atoms with Crippen LogP contribution in [0.4, 0.5) is 4.79 Å². The Morgan fingerprint density at radius 1 is 1.32 bits per heavy atom. The Morgan fingerprint density at radius 2 is 2.08 bits per heavy atom. The molecule has 0 aliphatic rings. The van der Waals surface area contributed by atoms with Gasteiger partial charge >= 0.3 is 6.03 Å². The third-order valence-corrected chi connectivity index (χ3v) is 4.60. The number of primary amides is 1. The van der Waals surface area contributed by atoms with E-state index in [1.807, 2.05) is 36.7 Å². The maximum Gasteiger partial charge on any atom is 0.312 e. The zero-order chi connectivity index (χ0) is 18.2. The molecule has 0 saturated heterocycles. The molecule has 2 rings (SSSR count). The minimum absolute atomic E-state index is 0.197. The summed E-state index contributed by atoms with van der Waals surface area (Å²) in [5.41, 5.74) is 7.17. The topological polar surface area (TPSA) is 120 Å². The fourth-order valence-corrected chi connectivity index (χ4v) is 3.18. The van der Waals surface area contributed by atoms with Gasteiger partial charge in [-0.05, 0) is 36.5 Å². The molecule has 7 nitrogen and oxygen atoms in total. The fourth-order valence-electron chi connectivity index (χ4n) is 2.71. The zero-order valence-corrected chi connectivity index (χ0v) is 14.9. The summed E-state index contributed by atoms with van der Waals surface area (Å²) in [6, 6.07) is 5.97. The lowest BCUT2D eigenvalue weighted by Crippen LogP contribution is -2.52. The highest BCUT2D eigenvalue weighted by atomic mass is 32.2. The minimum Gasteiger partial charge on any atom is -0.394 e. The predicted octanol–water partition coefficient (Wildman–Crippen LogP) is 0.978. The number of nitrogens with one attached hydrogen (secondary N) is 3. The zero-order valence-electron chi connectivity index (χ0n) is 14.1. The van der Waals surface area contributed by atoms with Crippen molar-refractivity contribution in [3.8, 4) is 0 Å². The Bertz CT molecular complexity index is 719. The van der Waals surface area contributed by atoms with Gasteiger partial charge in [0.2, 0.25) is 5.91 Å². The first-order chi connectivity index (χ1) is 12.0. The van der Waals surface area contributed by atoms with Crippen molar-refractivity contribution >= 4 is 34.6 Å². The van der Waals surface area contributed by atoms with Gasteiger partial charge in [0.15, 0.2) is 0 Å². The SMILES string of the molecule is CSCCC(NC(N)=O)C(=O)NC(CO)Cc1c[nH]c2ccccc12. The van der Waals surface area contributed by atoms with Crippen LogP contribution in [0.1, 0.15) is 12.0 Å². The number of amides is 3. The van der Waals surface area contributed by atoms with Crippen LogP contribution < -0.4 is 16.4 Å². The average molecular weight is 364 g/mol. The summed E-state index contributed by atoms with van der Waals surface area (Å²) in [6.07, 6.45) is 4.76. The van der Waals surface area contributed by atoms with Crippen LogP contribution in [0.2, 0.25) is 0 Å². The molecule has 8 heteroatoms. The predicted molar refractivity (Wildman–Crippen MR) is 101 cm³/mol. The van der Waals surface area contributed by atoms with Crippen LogP contribution >= 0.6 is 11.8 Å². The van der Waals surface area contributed by atoms with Gasteiger partial charge in [0.25, 0.3) is 0 Å². The molecule has 0 fully saturated rings. The number of carbonyl (C=O) groups excluding carboxylic acids is 2. The second-order valence-electron chi connectivity index (χ2n) is 5.79. The Hall–Kier alpha value is -2.19. The molecule has 0 bridgehead atoms. The van der Waals surface area contributed by atoms with Crippen molar-refractivity contribution in [3.05, 3.63) is 36.0 Å². The van der Waals surface area contributed by atoms with Gasteiger partial charge in [-0.3, -0.25) is 4.79 Å². The van der Waals surface area contributed by atoms with Crippen molar-refractivity contribution in [1.82, 2.24) is 15.6 Å². The van der Waals surface area contributed by atoms with E-state index in [0.29, 0.717) is 18.6 Å². The molecule has 1 aromatic heterocycles. The summed E-state index contributed by atoms with van der Waals surface area (Å²) in [4.78, 5) is 26.7. The van der Waals surface area contributed by atoms with E-state index in [1.165, 1.54) is 0 Å². The van der Waals surface area contributed by atoms with Crippen LogP contribution in [-0.4, -0.2) is 52.7 Å². The Kier molecular flexibility index (Phi) is 7.15. The summed E-state index contributed by atoms with van der Waals surface area (Å²) >= 11 is 1.58. The number of aliphatic hydroxyl groups is 1. The van der Waals surface area contributed by atoms with Gasteiger partial charge in [0.1, 0.15) is 6.04 Å². The number of urea groups is 1. The molecule has 0 spiro atoms. The smallest absolute Gasteiger partial charge is 0.312 e. The van der Waals surface area contributed by atoms with Crippen molar-refractivity contribution in [1.29, 1.82) is 0 Å². The molecule has 0 aliphatic carbocycles. The lowest BCUT2D eigenvalue weighted by Gasteiger charge is -2.21. The van der Waals surface area contributed by atoms with Gasteiger partial charge in [-0.25, -0.2) is 4.79 Å². The Labute approximate surface area is 150 Å². The molecule has 0 aliphatic heterocycles. The number of hydrogen-bond acceptors (Lipinski definition) is 4. The van der Waals surface area contributed by atoms with Crippen molar-refractivity contribution in [2.75, 3.05) is 18.6 Å². The van der Waals surface area contributed by atoms with E-state index in [1.54, 1.807) is 11.8 Å². The van der Waals surface area contributed by atoms with Crippen LogP contribution in [0.3, 0.4) is 0 Å². The van der Waals surface area contributed by atoms with Crippen LogP contribution in [0.25, 0.3) is 10.9 Å². The number of benzene rings is 1. The number of fused-ring (bicyclic) bond motifs is 1. The van der Waals surface area contributed by atoms with Crippen LogP contribution in [0, 0.1) is 0 Å². The number of aliphatic hydroxyl groups excluding tert-OH is 1. The van der Waals surface area contributed by atoms with E-state index in [-0.39, 0.29) is 12.5 Å². The highest BCUT2D eigenvalue weighted by molar-refractivity contribution is 7.98. The second kappa shape index (κ2) is 9.33. The fraction of sp³-hybridized carbons (Fsp3) is 0.412. The number of rotatable bonds is 9. The lowest BCUT2D eigenvalue weighted by atomic mass is 10.0. The highest BCUT2D eigenvalue weighted by Gasteiger charge is 2.22. The molecule has 136 valence electrons. The summed E-state index contributed by atoms with van der Waals surface area (Å²) in [6.45, 7) is -0.197. The molecule has 0 saturated carbocycles. The summed E-state index contributed by atoms with van der Waals surface area (Å²) in [7, 11) is 0. The number of para-hydroxylation sites is 1. The van der Waals surface area contributed by atoms with Crippen LogP contribution in [-0.2, 0) is 11.2 Å². The van der Waals surface area contributed by atoms with Gasteiger partial charge in [-0.2, -0.15) is 11.8 Å². The molecule has 2 unspecified atom stereocenters. The van der Waals surface area contributed by atoms with Crippen LogP contribution in [0.5, 0.6) is 0 Å². The molecule has 2 aromatic rings. The minimum atomic E-state index is -0.738. The van der Waals surface area contributed by atoms with Gasteiger partial charge in [0, 0.05) is 17.1 Å². The Morgan fingerprint density at radius 3 is 2.76 bits per heavy atom. The van der Waals surface area contributed by atoms with Gasteiger partial charge in [-0.15, -0.1) is 0 Å². The van der Waals surface area contributed by atoms with E-state index in [0.717, 1.165) is 16.5 Å². The quantitative estimate of drug-likeness (QED) is 0.455. The molecule has 1 aromatic carbocycles. The molecule has 1 heterocycles. The molecule has 2 atom stereocenters. The van der Waals surface area contributed by atoms with E-state index in [4.69, 9.17) is 5.73 Å². The first kappa shape index (κ1) is 19.1. The number of thioether (sulfide) groups is 1. The van der Waals surface area contributed by atoms with Gasteiger partial charge in [0.05, 0.1) is 12.6 Å². The van der Waals surface area contributed by atoms with Crippen molar-refractivity contribution in [2.45, 2.75) is 24.9 Å². The molecular weight excluding hydrogens is 340 g/mol.